The predicted octanol–water partition coefficient (Wildman–Crippen LogP) is 1.78. The fourth-order valence-corrected chi connectivity index (χ4v) is 2.17. The van der Waals surface area contributed by atoms with Crippen LogP contribution < -0.4 is 4.72 Å². The Morgan fingerprint density at radius 1 is 1.19 bits per heavy atom. The Morgan fingerprint density at radius 3 is 2.44 bits per heavy atom. The Labute approximate surface area is 93.1 Å². The molecule has 6 heteroatoms. The van der Waals surface area contributed by atoms with Crippen LogP contribution in [0.3, 0.4) is 0 Å². The molecule has 0 saturated heterocycles. The largest absolute Gasteiger partial charge is 0.363 e. The van der Waals surface area contributed by atoms with Crippen molar-refractivity contribution in [2.45, 2.75) is 11.8 Å². The van der Waals surface area contributed by atoms with Crippen LogP contribution in [0.2, 0.25) is 0 Å². The molecular weight excluding hydrogens is 228 g/mol. The van der Waals surface area contributed by atoms with Gasteiger partial charge in [0.05, 0.1) is 4.90 Å². The molecule has 0 bridgehead atoms. The number of anilines is 1. The van der Waals surface area contributed by atoms with E-state index >= 15 is 0 Å². The molecule has 84 valence electrons. The third-order valence-corrected chi connectivity index (χ3v) is 3.38. The van der Waals surface area contributed by atoms with Crippen LogP contribution in [0.5, 0.6) is 0 Å². The highest BCUT2D eigenvalue weighted by Crippen LogP contribution is 2.14. The number of nitrogens with one attached hydrogen (secondary N) is 1. The Balaban J connectivity index is 2.29. The standard InChI is InChI=1S/C10H10N2O3S/c1-8-2-4-9(5-3-8)16(13,14)12-10-6-7-15-11-10/h2-7H,1H3,(H,11,12). The number of sulfonamides is 1. The van der Waals surface area contributed by atoms with Gasteiger partial charge in [0.2, 0.25) is 0 Å². The number of hydrogen-bond acceptors (Lipinski definition) is 4. The van der Waals surface area contributed by atoms with E-state index in [1.165, 1.54) is 24.5 Å². The molecule has 0 aliphatic carbocycles. The number of benzene rings is 1. The molecule has 1 aromatic heterocycles. The maximum absolute atomic E-state index is 11.8. The molecule has 0 atom stereocenters. The van der Waals surface area contributed by atoms with Crippen molar-refractivity contribution in [2.24, 2.45) is 0 Å². The van der Waals surface area contributed by atoms with Gasteiger partial charge in [-0.15, -0.1) is 0 Å². The van der Waals surface area contributed by atoms with Crippen molar-refractivity contribution in [3.05, 3.63) is 42.2 Å². The van der Waals surface area contributed by atoms with Gasteiger partial charge in [-0.3, -0.25) is 4.72 Å². The summed E-state index contributed by atoms with van der Waals surface area (Å²) in [7, 11) is -3.57. The van der Waals surface area contributed by atoms with E-state index in [1.54, 1.807) is 12.1 Å². The van der Waals surface area contributed by atoms with Gasteiger partial charge < -0.3 is 4.52 Å². The highest BCUT2D eigenvalue weighted by molar-refractivity contribution is 7.92. The van der Waals surface area contributed by atoms with Crippen LogP contribution in [0.25, 0.3) is 0 Å². The highest BCUT2D eigenvalue weighted by Gasteiger charge is 2.14. The van der Waals surface area contributed by atoms with E-state index in [1.807, 2.05) is 6.92 Å². The molecule has 0 fully saturated rings. The maximum atomic E-state index is 11.8. The average Bonchev–Trinajstić information content (AvgIpc) is 2.70. The average molecular weight is 238 g/mol. The van der Waals surface area contributed by atoms with E-state index < -0.39 is 10.0 Å². The van der Waals surface area contributed by atoms with Gasteiger partial charge in [0.25, 0.3) is 10.0 Å². The van der Waals surface area contributed by atoms with Crippen LogP contribution in [0.15, 0.2) is 46.0 Å². The molecule has 1 aromatic carbocycles. The number of aromatic nitrogens is 1. The molecule has 0 spiro atoms. The molecule has 0 saturated carbocycles. The lowest BCUT2D eigenvalue weighted by molar-refractivity contribution is 0.423. The molecule has 0 aliphatic heterocycles. The topological polar surface area (TPSA) is 72.2 Å². The van der Waals surface area contributed by atoms with E-state index in [2.05, 4.69) is 14.4 Å². The van der Waals surface area contributed by atoms with Gasteiger partial charge in [-0.05, 0) is 19.1 Å². The van der Waals surface area contributed by atoms with Crippen molar-refractivity contribution in [3.8, 4) is 0 Å². The fourth-order valence-electron chi connectivity index (χ4n) is 1.18. The molecular formula is C10H10N2O3S. The lowest BCUT2D eigenvalue weighted by Crippen LogP contribution is -2.12. The van der Waals surface area contributed by atoms with Gasteiger partial charge in [0.15, 0.2) is 5.82 Å². The molecule has 0 radical (unpaired) electrons. The van der Waals surface area contributed by atoms with E-state index in [0.717, 1.165) is 5.56 Å². The van der Waals surface area contributed by atoms with Gasteiger partial charge in [0, 0.05) is 6.07 Å². The first-order valence-corrected chi connectivity index (χ1v) is 6.06. The lowest BCUT2D eigenvalue weighted by atomic mass is 10.2. The Hall–Kier alpha value is -1.82. The molecule has 0 unspecified atom stereocenters. The normalized spacial score (nSPS) is 11.3. The first kappa shape index (κ1) is 10.7. The van der Waals surface area contributed by atoms with Gasteiger partial charge in [-0.1, -0.05) is 22.9 Å². The van der Waals surface area contributed by atoms with Crippen LogP contribution in [0.4, 0.5) is 5.82 Å². The number of nitrogens with zero attached hydrogens (tertiary/aromatic N) is 1. The van der Waals surface area contributed by atoms with Crippen LogP contribution in [0.1, 0.15) is 5.56 Å². The minimum absolute atomic E-state index is 0.167. The predicted molar refractivity (Wildman–Crippen MR) is 58.5 cm³/mol. The third kappa shape index (κ3) is 2.22. The molecule has 2 aromatic rings. The summed E-state index contributed by atoms with van der Waals surface area (Å²) in [5.41, 5.74) is 1.00. The number of hydrogen-bond donors (Lipinski definition) is 1. The summed E-state index contributed by atoms with van der Waals surface area (Å²) in [6, 6.07) is 7.98. The Kier molecular flexibility index (Phi) is 2.66. The SMILES string of the molecule is Cc1ccc(S(=O)(=O)Nc2ccon2)cc1. The van der Waals surface area contributed by atoms with Gasteiger partial charge >= 0.3 is 0 Å². The number of aryl methyl sites for hydroxylation is 1. The number of rotatable bonds is 3. The second-order valence-electron chi connectivity index (χ2n) is 3.30. The molecule has 0 aliphatic rings. The summed E-state index contributed by atoms with van der Waals surface area (Å²) in [6.07, 6.45) is 1.30. The van der Waals surface area contributed by atoms with E-state index in [-0.39, 0.29) is 10.7 Å². The zero-order valence-corrected chi connectivity index (χ0v) is 9.36. The quantitative estimate of drug-likeness (QED) is 0.884. The minimum atomic E-state index is -3.57. The summed E-state index contributed by atoms with van der Waals surface area (Å²) in [4.78, 5) is 0.195. The second kappa shape index (κ2) is 3.97. The minimum Gasteiger partial charge on any atom is -0.363 e. The zero-order chi connectivity index (χ0) is 11.6. The van der Waals surface area contributed by atoms with Crippen LogP contribution in [-0.2, 0) is 10.0 Å². The summed E-state index contributed by atoms with van der Waals surface area (Å²) in [6.45, 7) is 1.89. The van der Waals surface area contributed by atoms with Gasteiger partial charge in [-0.25, -0.2) is 8.42 Å². The molecule has 16 heavy (non-hydrogen) atoms. The van der Waals surface area contributed by atoms with E-state index in [0.29, 0.717) is 0 Å². The smallest absolute Gasteiger partial charge is 0.263 e. The maximum Gasteiger partial charge on any atom is 0.263 e. The lowest BCUT2D eigenvalue weighted by Gasteiger charge is -2.04. The summed E-state index contributed by atoms with van der Waals surface area (Å²) in [5, 5.41) is 3.48. The monoisotopic (exact) mass is 238 g/mol. The fraction of sp³-hybridized carbons (Fsp3) is 0.100. The molecule has 5 nitrogen and oxygen atoms in total. The molecule has 2 rings (SSSR count). The summed E-state index contributed by atoms with van der Waals surface area (Å²) >= 11 is 0. The summed E-state index contributed by atoms with van der Waals surface area (Å²) in [5.74, 6) is 0.167. The summed E-state index contributed by atoms with van der Waals surface area (Å²) < 4.78 is 30.5. The zero-order valence-electron chi connectivity index (χ0n) is 8.54. The Morgan fingerprint density at radius 2 is 1.88 bits per heavy atom. The van der Waals surface area contributed by atoms with Crippen molar-refractivity contribution >= 4 is 15.8 Å². The van der Waals surface area contributed by atoms with Crippen molar-refractivity contribution < 1.29 is 12.9 Å². The van der Waals surface area contributed by atoms with Gasteiger partial charge in [0.1, 0.15) is 6.26 Å². The van der Waals surface area contributed by atoms with Crippen molar-refractivity contribution in [2.75, 3.05) is 4.72 Å². The van der Waals surface area contributed by atoms with Crippen LogP contribution in [-0.4, -0.2) is 13.6 Å². The Bertz CT molecular complexity index is 559. The second-order valence-corrected chi connectivity index (χ2v) is 4.99. The molecule has 1 N–H and O–H groups in total. The third-order valence-electron chi connectivity index (χ3n) is 2.01. The van der Waals surface area contributed by atoms with Crippen LogP contribution in [0, 0.1) is 6.92 Å². The molecule has 0 amide bonds. The van der Waals surface area contributed by atoms with Crippen molar-refractivity contribution in [1.29, 1.82) is 0 Å². The van der Waals surface area contributed by atoms with E-state index in [4.69, 9.17) is 0 Å². The van der Waals surface area contributed by atoms with Crippen molar-refractivity contribution in [1.82, 2.24) is 5.16 Å². The van der Waals surface area contributed by atoms with Crippen LogP contribution >= 0.6 is 0 Å². The van der Waals surface area contributed by atoms with E-state index in [9.17, 15) is 8.42 Å². The van der Waals surface area contributed by atoms with Gasteiger partial charge in [-0.2, -0.15) is 0 Å². The highest BCUT2D eigenvalue weighted by atomic mass is 32.2. The first-order chi connectivity index (χ1) is 7.58. The van der Waals surface area contributed by atoms with Crippen molar-refractivity contribution in [3.63, 3.8) is 0 Å². The molecule has 1 heterocycles. The first-order valence-electron chi connectivity index (χ1n) is 4.58.